The second-order valence-corrected chi connectivity index (χ2v) is 10.1. The molecule has 2 atom stereocenters. The fourth-order valence-corrected chi connectivity index (χ4v) is 7.80. The Morgan fingerprint density at radius 2 is 2.15 bits per heavy atom. The monoisotopic (exact) mass is 302 g/mol. The van der Waals surface area contributed by atoms with Gasteiger partial charge in [-0.25, -0.2) is 0 Å². The van der Waals surface area contributed by atoms with Crippen molar-refractivity contribution in [3.05, 3.63) is 0 Å². The number of halogens is 2. The van der Waals surface area contributed by atoms with E-state index >= 15 is 0 Å². The van der Waals surface area contributed by atoms with Gasteiger partial charge in [0.25, 0.3) is 0 Å². The van der Waals surface area contributed by atoms with Gasteiger partial charge in [-0.1, -0.05) is 0 Å². The third-order valence-corrected chi connectivity index (χ3v) is 8.30. The van der Waals surface area contributed by atoms with Gasteiger partial charge in [-0.05, 0) is 0 Å². The fraction of sp³-hybridized carbons (Fsp3) is 1.00. The molecule has 1 rings (SSSR count). The number of rotatable bonds is 2. The topological polar surface area (TPSA) is 9.23 Å². The zero-order valence-corrected chi connectivity index (χ0v) is 11.1. The summed E-state index contributed by atoms with van der Waals surface area (Å²) >= 11 is -1.28. The van der Waals surface area contributed by atoms with Gasteiger partial charge in [0.1, 0.15) is 0 Å². The number of hydrogen-bond donors (Lipinski definition) is 0. The molecule has 0 saturated carbocycles. The average Bonchev–Trinajstić information content (AvgIpc) is 1.93. The predicted octanol–water partition coefficient (Wildman–Crippen LogP) is 3.74. The van der Waals surface area contributed by atoms with Gasteiger partial charge in [0, 0.05) is 0 Å². The van der Waals surface area contributed by atoms with Crippen LogP contribution in [0.2, 0.25) is 0 Å². The van der Waals surface area contributed by atoms with Crippen LogP contribution in [0.1, 0.15) is 40.5 Å². The molecule has 0 amide bonds. The van der Waals surface area contributed by atoms with E-state index in [4.69, 9.17) is 3.07 Å². The van der Waals surface area contributed by atoms with Crippen LogP contribution < -0.4 is 0 Å². The van der Waals surface area contributed by atoms with Gasteiger partial charge in [0.2, 0.25) is 0 Å². The van der Waals surface area contributed by atoms with E-state index in [9.17, 15) is 4.39 Å². The van der Waals surface area contributed by atoms with Crippen LogP contribution in [0.3, 0.4) is 0 Å². The Balaban J connectivity index is 2.44. The van der Waals surface area contributed by atoms with Crippen LogP contribution in [0.25, 0.3) is 0 Å². The third-order valence-electron chi connectivity index (χ3n) is 2.22. The molecule has 13 heavy (non-hydrogen) atoms. The molecule has 1 saturated heterocycles. The van der Waals surface area contributed by atoms with Crippen molar-refractivity contribution in [1.29, 1.82) is 0 Å². The van der Waals surface area contributed by atoms with Gasteiger partial charge < -0.3 is 0 Å². The van der Waals surface area contributed by atoms with Crippen molar-refractivity contribution in [2.75, 3.05) is 4.43 Å². The molecule has 1 aliphatic rings. The third kappa shape index (κ3) is 3.70. The minimum absolute atomic E-state index is 0.330. The first-order valence-corrected chi connectivity index (χ1v) is 8.56. The molecule has 1 fully saturated rings. The maximum absolute atomic E-state index is 13.6. The maximum atomic E-state index is 13.6. The standard InChI is InChI=1S/C10H20FIO/c1-8(2)13-12-6-5-10(4,11)7-9(12)3/h8-9H,5-7H2,1-4H3/t9-,10+/m0/s1. The second kappa shape index (κ2) is 4.43. The summed E-state index contributed by atoms with van der Waals surface area (Å²) in [6.45, 7) is 8.04. The van der Waals surface area contributed by atoms with Crippen LogP contribution in [0.5, 0.6) is 0 Å². The summed E-state index contributed by atoms with van der Waals surface area (Å²) in [5, 5.41) is 0. The minimum atomic E-state index is -1.28. The summed E-state index contributed by atoms with van der Waals surface area (Å²) in [5.41, 5.74) is -0.923. The van der Waals surface area contributed by atoms with Gasteiger partial charge >= 0.3 is 88.4 Å². The van der Waals surface area contributed by atoms with Crippen molar-refractivity contribution in [3.63, 3.8) is 0 Å². The van der Waals surface area contributed by atoms with Crippen LogP contribution >= 0.6 is 20.2 Å². The molecule has 0 unspecified atom stereocenters. The first-order valence-electron chi connectivity index (χ1n) is 4.91. The van der Waals surface area contributed by atoms with E-state index < -0.39 is 25.9 Å². The van der Waals surface area contributed by atoms with Gasteiger partial charge in [0.15, 0.2) is 0 Å². The Morgan fingerprint density at radius 3 is 2.62 bits per heavy atom. The molecule has 0 aliphatic carbocycles. The van der Waals surface area contributed by atoms with E-state index in [0.29, 0.717) is 16.4 Å². The van der Waals surface area contributed by atoms with E-state index in [1.807, 2.05) is 0 Å². The molecule has 1 heterocycles. The molecule has 80 valence electrons. The van der Waals surface area contributed by atoms with Crippen LogP contribution in [-0.2, 0) is 3.07 Å². The molecule has 0 bridgehead atoms. The van der Waals surface area contributed by atoms with E-state index in [1.165, 1.54) is 0 Å². The Morgan fingerprint density at radius 1 is 1.54 bits per heavy atom. The molecule has 0 N–H and O–H groups in total. The fourth-order valence-electron chi connectivity index (χ4n) is 1.61. The summed E-state index contributed by atoms with van der Waals surface area (Å²) in [4.78, 5) is 0. The van der Waals surface area contributed by atoms with Crippen molar-refractivity contribution in [2.45, 2.75) is 56.2 Å². The van der Waals surface area contributed by atoms with Crippen molar-refractivity contribution in [1.82, 2.24) is 0 Å². The Labute approximate surface area is 88.4 Å². The van der Waals surface area contributed by atoms with Crippen LogP contribution in [0.4, 0.5) is 4.39 Å². The predicted molar refractivity (Wildman–Crippen MR) is 63.3 cm³/mol. The molecule has 0 spiro atoms. The molecule has 0 aromatic heterocycles. The quantitative estimate of drug-likeness (QED) is 0.558. The van der Waals surface area contributed by atoms with Gasteiger partial charge in [-0.3, -0.25) is 0 Å². The Bertz CT molecular complexity index is 170. The first-order chi connectivity index (χ1) is 5.91. The zero-order chi connectivity index (χ0) is 10.1. The molecule has 0 radical (unpaired) electrons. The number of alkyl halides is 3. The van der Waals surface area contributed by atoms with E-state index in [0.717, 1.165) is 10.8 Å². The van der Waals surface area contributed by atoms with Crippen LogP contribution in [-0.4, -0.2) is 20.1 Å². The molecule has 1 nitrogen and oxygen atoms in total. The zero-order valence-electron chi connectivity index (χ0n) is 8.94. The molecule has 1 aliphatic heterocycles. The van der Waals surface area contributed by atoms with Crippen molar-refractivity contribution in [2.24, 2.45) is 0 Å². The molecule has 0 aromatic rings. The van der Waals surface area contributed by atoms with E-state index in [1.54, 1.807) is 6.92 Å². The Kier molecular flexibility index (Phi) is 3.98. The summed E-state index contributed by atoms with van der Waals surface area (Å²) in [6.07, 6.45) is 1.76. The van der Waals surface area contributed by atoms with Gasteiger partial charge in [-0.15, -0.1) is 0 Å². The van der Waals surface area contributed by atoms with E-state index in [-0.39, 0.29) is 0 Å². The van der Waals surface area contributed by atoms with Crippen LogP contribution in [0.15, 0.2) is 0 Å². The molecule has 3 heteroatoms. The van der Waals surface area contributed by atoms with Crippen LogP contribution in [0, 0.1) is 0 Å². The molecule has 0 aromatic carbocycles. The van der Waals surface area contributed by atoms with Gasteiger partial charge in [-0.2, -0.15) is 0 Å². The SMILES string of the molecule is CC(C)OI1CC[C@@](C)(F)C[C@@H]1C. The van der Waals surface area contributed by atoms with Gasteiger partial charge in [0.05, 0.1) is 0 Å². The molecular formula is C10H20FIO. The normalized spacial score (nSPS) is 38.3. The van der Waals surface area contributed by atoms with Crippen molar-refractivity contribution in [3.8, 4) is 0 Å². The number of hydrogen-bond acceptors (Lipinski definition) is 1. The Hall–Kier alpha value is 0.620. The summed E-state index contributed by atoms with van der Waals surface area (Å²) < 4.78 is 21.0. The summed E-state index contributed by atoms with van der Waals surface area (Å²) in [7, 11) is 0. The second-order valence-electron chi connectivity index (χ2n) is 4.33. The van der Waals surface area contributed by atoms with E-state index in [2.05, 4.69) is 20.8 Å². The summed E-state index contributed by atoms with van der Waals surface area (Å²) in [5.74, 6) is 0. The average molecular weight is 302 g/mol. The first kappa shape index (κ1) is 11.7. The molecular weight excluding hydrogens is 282 g/mol. The van der Waals surface area contributed by atoms with Crippen molar-refractivity contribution >= 4 is 20.2 Å². The summed E-state index contributed by atoms with van der Waals surface area (Å²) in [6, 6.07) is 0. The van der Waals surface area contributed by atoms with Crippen molar-refractivity contribution < 1.29 is 7.46 Å².